The maximum absolute atomic E-state index is 10.7. The number of carbonyl (C=O) groups excluding carboxylic acids is 1. The molecular formula is C18H15NO2. The smallest absolute Gasteiger partial charge is 0.211 e. The van der Waals surface area contributed by atoms with Crippen molar-refractivity contribution in [2.45, 2.75) is 6.61 Å². The number of amides is 1. The number of hydrogen-bond donors (Lipinski definition) is 1. The van der Waals surface area contributed by atoms with Gasteiger partial charge in [-0.25, -0.2) is 0 Å². The van der Waals surface area contributed by atoms with E-state index in [1.165, 1.54) is 0 Å². The quantitative estimate of drug-likeness (QED) is 0.716. The van der Waals surface area contributed by atoms with E-state index in [9.17, 15) is 4.79 Å². The number of nitrogens with one attached hydrogen (secondary N) is 1. The zero-order valence-electron chi connectivity index (χ0n) is 11.5. The van der Waals surface area contributed by atoms with Crippen molar-refractivity contribution in [3.8, 4) is 5.75 Å². The summed E-state index contributed by atoms with van der Waals surface area (Å²) in [5.74, 6) is 0.811. The van der Waals surface area contributed by atoms with Crippen molar-refractivity contribution in [2.75, 3.05) is 5.32 Å². The number of hydrogen-bond acceptors (Lipinski definition) is 2. The molecule has 0 fully saturated rings. The van der Waals surface area contributed by atoms with Gasteiger partial charge in [-0.1, -0.05) is 54.6 Å². The molecule has 3 nitrogen and oxygen atoms in total. The minimum absolute atomic E-state index is 0.519. The predicted molar refractivity (Wildman–Crippen MR) is 84.4 cm³/mol. The van der Waals surface area contributed by atoms with Gasteiger partial charge in [-0.3, -0.25) is 4.79 Å². The Morgan fingerprint density at radius 2 is 1.57 bits per heavy atom. The van der Waals surface area contributed by atoms with Crippen molar-refractivity contribution >= 4 is 22.9 Å². The van der Waals surface area contributed by atoms with Crippen molar-refractivity contribution in [3.63, 3.8) is 0 Å². The summed E-state index contributed by atoms with van der Waals surface area (Å²) in [6, 6.07) is 21.6. The topological polar surface area (TPSA) is 38.3 Å². The first-order valence-electron chi connectivity index (χ1n) is 6.77. The Kier molecular flexibility index (Phi) is 3.83. The summed E-state index contributed by atoms with van der Waals surface area (Å²) >= 11 is 0. The van der Waals surface area contributed by atoms with Gasteiger partial charge in [0.2, 0.25) is 6.41 Å². The summed E-state index contributed by atoms with van der Waals surface area (Å²) in [6.45, 7) is 0.519. The second-order valence-electron chi connectivity index (χ2n) is 4.69. The van der Waals surface area contributed by atoms with E-state index in [1.54, 1.807) is 0 Å². The molecule has 3 aromatic carbocycles. The maximum atomic E-state index is 10.7. The average molecular weight is 277 g/mol. The van der Waals surface area contributed by atoms with E-state index in [-0.39, 0.29) is 0 Å². The van der Waals surface area contributed by atoms with Crippen LogP contribution in [-0.2, 0) is 11.4 Å². The lowest BCUT2D eigenvalue weighted by Gasteiger charge is -2.12. The first-order valence-corrected chi connectivity index (χ1v) is 6.77. The minimum Gasteiger partial charge on any atom is -0.488 e. The van der Waals surface area contributed by atoms with E-state index in [0.717, 1.165) is 27.8 Å². The molecule has 0 aliphatic rings. The van der Waals surface area contributed by atoms with Crippen molar-refractivity contribution in [1.82, 2.24) is 0 Å². The van der Waals surface area contributed by atoms with Crippen LogP contribution < -0.4 is 10.1 Å². The molecule has 0 saturated heterocycles. The zero-order chi connectivity index (χ0) is 14.5. The molecule has 1 amide bonds. The van der Waals surface area contributed by atoms with Crippen LogP contribution >= 0.6 is 0 Å². The highest BCUT2D eigenvalue weighted by Gasteiger charge is 2.06. The van der Waals surface area contributed by atoms with E-state index in [1.807, 2.05) is 66.7 Å². The highest BCUT2D eigenvalue weighted by Crippen LogP contribution is 2.31. The van der Waals surface area contributed by atoms with E-state index in [2.05, 4.69) is 5.32 Å². The Hall–Kier alpha value is -2.81. The fourth-order valence-electron chi connectivity index (χ4n) is 2.32. The zero-order valence-corrected chi connectivity index (χ0v) is 11.5. The molecule has 104 valence electrons. The van der Waals surface area contributed by atoms with E-state index < -0.39 is 0 Å². The van der Waals surface area contributed by atoms with Crippen LogP contribution in [0.1, 0.15) is 5.56 Å². The van der Waals surface area contributed by atoms with Crippen molar-refractivity contribution in [2.24, 2.45) is 0 Å². The Morgan fingerprint density at radius 3 is 2.33 bits per heavy atom. The van der Waals surface area contributed by atoms with Crippen molar-refractivity contribution < 1.29 is 9.53 Å². The van der Waals surface area contributed by atoms with Crippen LogP contribution in [0.4, 0.5) is 5.69 Å². The fraction of sp³-hybridized carbons (Fsp3) is 0.0556. The lowest BCUT2D eigenvalue weighted by Crippen LogP contribution is -1.98. The second kappa shape index (κ2) is 6.09. The highest BCUT2D eigenvalue weighted by molar-refractivity contribution is 6.00. The fourth-order valence-corrected chi connectivity index (χ4v) is 2.32. The predicted octanol–water partition coefficient (Wildman–Crippen LogP) is 3.99. The number of anilines is 1. The Labute approximate surface area is 123 Å². The highest BCUT2D eigenvalue weighted by atomic mass is 16.5. The number of carbonyl (C=O) groups is 1. The molecule has 1 N–H and O–H groups in total. The molecule has 0 atom stereocenters. The number of rotatable bonds is 5. The summed E-state index contributed by atoms with van der Waals surface area (Å²) in [5, 5.41) is 4.67. The second-order valence-corrected chi connectivity index (χ2v) is 4.69. The molecule has 0 aliphatic heterocycles. The third-order valence-electron chi connectivity index (χ3n) is 3.34. The van der Waals surface area contributed by atoms with Crippen molar-refractivity contribution in [1.29, 1.82) is 0 Å². The van der Waals surface area contributed by atoms with E-state index in [4.69, 9.17) is 4.74 Å². The standard InChI is InChI=1S/C18H15NO2/c20-13-19-17-10-11-18(16-9-5-4-8-15(16)17)21-12-14-6-2-1-3-7-14/h1-11,13H,12H2,(H,19,20). The van der Waals surface area contributed by atoms with Crippen LogP contribution in [-0.4, -0.2) is 6.41 Å². The molecule has 0 aliphatic carbocycles. The van der Waals surface area contributed by atoms with Crippen molar-refractivity contribution in [3.05, 3.63) is 72.3 Å². The van der Waals surface area contributed by atoms with E-state index >= 15 is 0 Å². The molecule has 3 aromatic rings. The lowest BCUT2D eigenvalue weighted by molar-refractivity contribution is -0.105. The maximum Gasteiger partial charge on any atom is 0.211 e. The van der Waals surface area contributed by atoms with Gasteiger partial charge < -0.3 is 10.1 Å². The summed E-state index contributed by atoms with van der Waals surface area (Å²) in [6.07, 6.45) is 0.687. The number of fused-ring (bicyclic) bond motifs is 1. The van der Waals surface area contributed by atoms with Gasteiger partial charge in [0.15, 0.2) is 0 Å². The van der Waals surface area contributed by atoms with Gasteiger partial charge in [0.1, 0.15) is 12.4 Å². The summed E-state index contributed by atoms with van der Waals surface area (Å²) in [7, 11) is 0. The Morgan fingerprint density at radius 1 is 0.857 bits per heavy atom. The molecular weight excluding hydrogens is 262 g/mol. The normalized spacial score (nSPS) is 10.3. The minimum atomic E-state index is 0.519. The van der Waals surface area contributed by atoms with Gasteiger partial charge in [0.25, 0.3) is 0 Å². The van der Waals surface area contributed by atoms with Gasteiger partial charge in [-0.05, 0) is 17.7 Å². The van der Waals surface area contributed by atoms with Crippen LogP contribution in [0.2, 0.25) is 0 Å². The van der Waals surface area contributed by atoms with Gasteiger partial charge in [-0.2, -0.15) is 0 Å². The summed E-state index contributed by atoms with van der Waals surface area (Å²) < 4.78 is 5.92. The first kappa shape index (κ1) is 13.2. The van der Waals surface area contributed by atoms with E-state index in [0.29, 0.717) is 13.0 Å². The molecule has 0 heterocycles. The molecule has 3 rings (SSSR count). The van der Waals surface area contributed by atoms with Crippen LogP contribution in [0, 0.1) is 0 Å². The molecule has 0 bridgehead atoms. The summed E-state index contributed by atoms with van der Waals surface area (Å²) in [5.41, 5.74) is 1.91. The molecule has 21 heavy (non-hydrogen) atoms. The van der Waals surface area contributed by atoms with Gasteiger partial charge in [0, 0.05) is 16.5 Å². The third-order valence-corrected chi connectivity index (χ3v) is 3.34. The van der Waals surface area contributed by atoms with Gasteiger partial charge >= 0.3 is 0 Å². The summed E-state index contributed by atoms with van der Waals surface area (Å²) in [4.78, 5) is 10.7. The monoisotopic (exact) mass is 277 g/mol. The van der Waals surface area contributed by atoms with Crippen LogP contribution in [0.15, 0.2) is 66.7 Å². The molecule has 3 heteroatoms. The molecule has 0 spiro atoms. The van der Waals surface area contributed by atoms with Gasteiger partial charge in [0.05, 0.1) is 0 Å². The largest absolute Gasteiger partial charge is 0.488 e. The third kappa shape index (κ3) is 2.87. The number of ether oxygens (including phenoxy) is 1. The Bertz CT molecular complexity index is 754. The molecule has 0 aromatic heterocycles. The molecule has 0 radical (unpaired) electrons. The van der Waals surface area contributed by atoms with Crippen LogP contribution in [0.25, 0.3) is 10.8 Å². The Balaban J connectivity index is 1.92. The molecule has 0 unspecified atom stereocenters. The average Bonchev–Trinajstić information content (AvgIpc) is 2.55. The van der Waals surface area contributed by atoms with Gasteiger partial charge in [-0.15, -0.1) is 0 Å². The number of benzene rings is 3. The molecule has 0 saturated carbocycles. The first-order chi connectivity index (χ1) is 10.4. The SMILES string of the molecule is O=CNc1ccc(OCc2ccccc2)c2ccccc12. The lowest BCUT2D eigenvalue weighted by atomic mass is 10.1. The van der Waals surface area contributed by atoms with Crippen LogP contribution in [0.5, 0.6) is 5.75 Å². The van der Waals surface area contributed by atoms with Crippen LogP contribution in [0.3, 0.4) is 0 Å².